The Morgan fingerprint density at radius 1 is 1.18 bits per heavy atom. The zero-order chi connectivity index (χ0) is 27.7. The van der Waals surface area contributed by atoms with E-state index in [-0.39, 0.29) is 30.0 Å². The molecule has 2 aliphatic heterocycles. The van der Waals surface area contributed by atoms with Crippen LogP contribution in [0.4, 0.5) is 23.4 Å². The first kappa shape index (κ1) is 27.7. The Balaban J connectivity index is 1.32. The summed E-state index contributed by atoms with van der Waals surface area (Å²) in [5, 5.41) is 13.7. The van der Waals surface area contributed by atoms with Crippen molar-refractivity contribution < 1.29 is 32.2 Å². The van der Waals surface area contributed by atoms with Crippen molar-refractivity contribution in [2.24, 2.45) is 0 Å². The fourth-order valence-corrected chi connectivity index (χ4v) is 5.83. The zero-order valence-electron chi connectivity index (χ0n) is 21.8. The number of alkyl halides is 3. The van der Waals surface area contributed by atoms with Gasteiger partial charge in [-0.25, -0.2) is 14.4 Å². The monoisotopic (exact) mass is 551 g/mol. The first-order chi connectivity index (χ1) is 18.6. The molecule has 0 bridgehead atoms. The van der Waals surface area contributed by atoms with E-state index in [0.717, 1.165) is 30.3 Å². The SMILES string of the molecule is C[C@@H]1C[C@H](O)c2ncnc(N3CCN(C(=O)C(CNC4CCOCC4)c4ccc(C(F)(F)F)c(F)c4)CC3)c21. The standard InChI is InChI=1S/C27H33F4N5O3/c1-16-12-22(37)24-23(16)25(34-15-33-24)35-6-8-36(9-7-35)26(38)19(14-32-18-4-10-39-11-5-18)17-2-3-20(21(28)13-17)27(29,30)31/h2-3,13,15-16,18-19,22,32,37H,4-12,14H2,1H3/t16-,19?,22+/m1/s1. The van der Waals surface area contributed by atoms with E-state index in [0.29, 0.717) is 57.6 Å². The molecule has 1 unspecified atom stereocenters. The second-order valence-electron chi connectivity index (χ2n) is 10.5. The first-order valence-corrected chi connectivity index (χ1v) is 13.4. The minimum absolute atomic E-state index is 0.112. The van der Waals surface area contributed by atoms with Crippen LogP contribution in [-0.2, 0) is 15.7 Å². The lowest BCUT2D eigenvalue weighted by Gasteiger charge is -2.38. The maximum Gasteiger partial charge on any atom is 0.419 e. The number of carbonyl (C=O) groups is 1. The number of nitrogens with one attached hydrogen (secondary N) is 1. The molecule has 212 valence electrons. The molecule has 3 heterocycles. The third-order valence-corrected chi connectivity index (χ3v) is 8.00. The molecule has 5 rings (SSSR count). The van der Waals surface area contributed by atoms with E-state index in [1.807, 2.05) is 6.92 Å². The summed E-state index contributed by atoms with van der Waals surface area (Å²) in [6.45, 7) is 5.16. The predicted molar refractivity (Wildman–Crippen MR) is 135 cm³/mol. The van der Waals surface area contributed by atoms with Crippen molar-refractivity contribution in [3.63, 3.8) is 0 Å². The molecule has 1 amide bonds. The van der Waals surface area contributed by atoms with E-state index in [9.17, 15) is 27.5 Å². The number of halogens is 4. The second-order valence-corrected chi connectivity index (χ2v) is 10.5. The second kappa shape index (κ2) is 11.3. The van der Waals surface area contributed by atoms with Crippen LogP contribution in [0.25, 0.3) is 0 Å². The summed E-state index contributed by atoms with van der Waals surface area (Å²) in [5.74, 6) is -1.61. The lowest BCUT2D eigenvalue weighted by atomic mass is 9.94. The largest absolute Gasteiger partial charge is 0.419 e. The molecule has 3 aliphatic rings. The number of benzene rings is 1. The van der Waals surface area contributed by atoms with Gasteiger partial charge in [-0.1, -0.05) is 13.0 Å². The van der Waals surface area contributed by atoms with Gasteiger partial charge < -0.3 is 25.0 Å². The number of aromatic nitrogens is 2. The van der Waals surface area contributed by atoms with Gasteiger partial charge in [0.15, 0.2) is 0 Å². The molecule has 8 nitrogen and oxygen atoms in total. The molecule has 1 aromatic heterocycles. The summed E-state index contributed by atoms with van der Waals surface area (Å²) < 4.78 is 59.4. The Hall–Kier alpha value is -2.83. The number of amides is 1. The van der Waals surface area contributed by atoms with Crippen molar-refractivity contribution in [2.75, 3.05) is 50.8 Å². The molecule has 0 radical (unpaired) electrons. The Morgan fingerprint density at radius 2 is 1.90 bits per heavy atom. The summed E-state index contributed by atoms with van der Waals surface area (Å²) in [6, 6.07) is 2.86. The van der Waals surface area contributed by atoms with Crippen molar-refractivity contribution in [1.82, 2.24) is 20.2 Å². The lowest BCUT2D eigenvalue weighted by Crippen LogP contribution is -2.52. The molecule has 2 N–H and O–H groups in total. The number of ether oxygens (including phenoxy) is 1. The van der Waals surface area contributed by atoms with E-state index in [2.05, 4.69) is 20.2 Å². The molecule has 2 fully saturated rings. The Bertz CT molecular complexity index is 1180. The van der Waals surface area contributed by atoms with Gasteiger partial charge in [0.25, 0.3) is 0 Å². The van der Waals surface area contributed by atoms with E-state index >= 15 is 0 Å². The van der Waals surface area contributed by atoms with Gasteiger partial charge in [0.2, 0.25) is 5.91 Å². The number of anilines is 1. The average Bonchev–Trinajstić information content (AvgIpc) is 3.22. The topological polar surface area (TPSA) is 90.8 Å². The molecule has 12 heteroatoms. The number of carbonyl (C=O) groups excluding carboxylic acids is 1. The van der Waals surface area contributed by atoms with Crippen LogP contribution in [0.2, 0.25) is 0 Å². The maximum atomic E-state index is 14.5. The molecular formula is C27H33F4N5O3. The molecular weight excluding hydrogens is 518 g/mol. The van der Waals surface area contributed by atoms with Crippen LogP contribution in [0.1, 0.15) is 66.5 Å². The van der Waals surface area contributed by atoms with Crippen LogP contribution < -0.4 is 10.2 Å². The van der Waals surface area contributed by atoms with E-state index in [1.54, 1.807) is 4.90 Å². The summed E-state index contributed by atoms with van der Waals surface area (Å²) in [7, 11) is 0. The fraction of sp³-hybridized carbons (Fsp3) is 0.593. The molecule has 1 aliphatic carbocycles. The van der Waals surface area contributed by atoms with Gasteiger partial charge in [-0.3, -0.25) is 4.79 Å². The zero-order valence-corrected chi connectivity index (χ0v) is 21.8. The van der Waals surface area contributed by atoms with Gasteiger partial charge >= 0.3 is 6.18 Å². The number of hydrogen-bond acceptors (Lipinski definition) is 7. The smallest absolute Gasteiger partial charge is 0.387 e. The van der Waals surface area contributed by atoms with Gasteiger partial charge in [0.1, 0.15) is 18.0 Å². The highest BCUT2D eigenvalue weighted by atomic mass is 19.4. The molecule has 1 aromatic carbocycles. The molecule has 39 heavy (non-hydrogen) atoms. The van der Waals surface area contributed by atoms with Crippen LogP contribution in [0.3, 0.4) is 0 Å². The van der Waals surface area contributed by atoms with Crippen molar-refractivity contribution in [3.8, 4) is 0 Å². The van der Waals surface area contributed by atoms with Crippen molar-refractivity contribution in [3.05, 3.63) is 52.7 Å². The van der Waals surface area contributed by atoms with Gasteiger partial charge in [-0.2, -0.15) is 13.2 Å². The Labute approximate surface area is 224 Å². The third-order valence-electron chi connectivity index (χ3n) is 8.00. The predicted octanol–water partition coefficient (Wildman–Crippen LogP) is 3.38. The number of rotatable bonds is 6. The highest BCUT2D eigenvalue weighted by molar-refractivity contribution is 5.84. The normalized spacial score (nSPS) is 23.1. The van der Waals surface area contributed by atoms with Gasteiger partial charge in [0, 0.05) is 57.5 Å². The molecule has 2 aromatic rings. The van der Waals surface area contributed by atoms with Crippen LogP contribution in [0.5, 0.6) is 0 Å². The van der Waals surface area contributed by atoms with Crippen LogP contribution >= 0.6 is 0 Å². The first-order valence-electron chi connectivity index (χ1n) is 13.4. The number of fused-ring (bicyclic) bond motifs is 1. The molecule has 0 spiro atoms. The van der Waals surface area contributed by atoms with E-state index in [4.69, 9.17) is 4.74 Å². The third kappa shape index (κ3) is 5.87. The van der Waals surface area contributed by atoms with Gasteiger partial charge in [0.05, 0.1) is 23.3 Å². The molecule has 3 atom stereocenters. The van der Waals surface area contributed by atoms with Crippen LogP contribution in [0, 0.1) is 5.82 Å². The number of piperazine rings is 1. The summed E-state index contributed by atoms with van der Waals surface area (Å²) in [4.78, 5) is 26.2. The van der Waals surface area contributed by atoms with Crippen molar-refractivity contribution in [1.29, 1.82) is 0 Å². The highest BCUT2D eigenvalue weighted by Crippen LogP contribution is 2.43. The van der Waals surface area contributed by atoms with Crippen molar-refractivity contribution >= 4 is 11.7 Å². The Morgan fingerprint density at radius 3 is 2.56 bits per heavy atom. The molecule has 0 saturated carbocycles. The van der Waals surface area contributed by atoms with Crippen molar-refractivity contribution in [2.45, 2.75) is 56.3 Å². The summed E-state index contributed by atoms with van der Waals surface area (Å²) in [5.41, 5.74) is 0.447. The minimum atomic E-state index is -4.81. The number of hydrogen-bond donors (Lipinski definition) is 2. The van der Waals surface area contributed by atoms with E-state index in [1.165, 1.54) is 12.4 Å². The van der Waals surface area contributed by atoms with Gasteiger partial charge in [-0.15, -0.1) is 0 Å². The fourth-order valence-electron chi connectivity index (χ4n) is 5.83. The summed E-state index contributed by atoms with van der Waals surface area (Å²) >= 11 is 0. The number of aliphatic hydroxyl groups excluding tert-OH is 1. The van der Waals surface area contributed by atoms with Gasteiger partial charge in [-0.05, 0) is 42.9 Å². The Kier molecular flexibility index (Phi) is 8.06. The molecule has 2 saturated heterocycles. The maximum absolute atomic E-state index is 14.5. The lowest BCUT2D eigenvalue weighted by molar-refractivity contribution is -0.140. The quantitative estimate of drug-likeness (QED) is 0.532. The van der Waals surface area contributed by atoms with Crippen LogP contribution in [-0.4, -0.2) is 77.9 Å². The summed E-state index contributed by atoms with van der Waals surface area (Å²) in [6.07, 6.45) is -1.87. The average molecular weight is 552 g/mol. The minimum Gasteiger partial charge on any atom is -0.387 e. The van der Waals surface area contributed by atoms with Crippen LogP contribution in [0.15, 0.2) is 24.5 Å². The van der Waals surface area contributed by atoms with E-state index < -0.39 is 29.6 Å². The highest BCUT2D eigenvalue weighted by Gasteiger charge is 2.37. The number of aliphatic hydroxyl groups is 1. The number of nitrogens with zero attached hydrogens (tertiary/aromatic N) is 4.